The molecule has 2 N–H and O–H groups in total. The molecule has 0 bridgehead atoms. The Labute approximate surface area is 201 Å². The van der Waals surface area contributed by atoms with Crippen LogP contribution in [0.3, 0.4) is 0 Å². The topological polar surface area (TPSA) is 55.8 Å². The van der Waals surface area contributed by atoms with E-state index in [9.17, 15) is 0 Å². The predicted molar refractivity (Wildman–Crippen MR) is 142 cm³/mol. The molecule has 7 heteroatoms. The van der Waals surface area contributed by atoms with Gasteiger partial charge in [0.25, 0.3) is 0 Å². The normalized spacial score (nSPS) is 16.2. The quantitative estimate of drug-likeness (QED) is 0.298. The Morgan fingerprint density at radius 1 is 1.13 bits per heavy atom. The fourth-order valence-electron chi connectivity index (χ4n) is 3.93. The first-order valence-corrected chi connectivity index (χ1v) is 10.5. The van der Waals surface area contributed by atoms with Crippen LogP contribution in [0, 0.1) is 0 Å². The van der Waals surface area contributed by atoms with Crippen LogP contribution in [0.2, 0.25) is 0 Å². The molecule has 3 aromatic rings. The van der Waals surface area contributed by atoms with Crippen LogP contribution in [-0.2, 0) is 6.54 Å². The zero-order valence-corrected chi connectivity index (χ0v) is 20.7. The summed E-state index contributed by atoms with van der Waals surface area (Å²) in [6.07, 6.45) is 1.10. The molecule has 1 saturated heterocycles. The third-order valence-electron chi connectivity index (χ3n) is 5.57. The second kappa shape index (κ2) is 10.7. The summed E-state index contributed by atoms with van der Waals surface area (Å²) in [5.74, 6) is 1.80. The maximum absolute atomic E-state index is 4.75. The summed E-state index contributed by atoms with van der Waals surface area (Å²) in [6, 6.07) is 21.4. The minimum atomic E-state index is 0. The first-order chi connectivity index (χ1) is 14.6. The molecule has 0 aliphatic carbocycles. The van der Waals surface area contributed by atoms with Gasteiger partial charge in [-0.2, -0.15) is 0 Å². The van der Waals surface area contributed by atoms with Crippen molar-refractivity contribution in [1.82, 2.24) is 15.6 Å². The molecule has 6 nitrogen and oxygen atoms in total. The summed E-state index contributed by atoms with van der Waals surface area (Å²) in [6.45, 7) is 2.73. The summed E-state index contributed by atoms with van der Waals surface area (Å²) >= 11 is 0. The lowest BCUT2D eigenvalue weighted by atomic mass is 10.1. The van der Waals surface area contributed by atoms with E-state index >= 15 is 0 Å². The lowest BCUT2D eigenvalue weighted by Gasteiger charge is -2.21. The number of halogens is 1. The molecule has 1 fully saturated rings. The Balaban J connectivity index is 0.00000272. The van der Waals surface area contributed by atoms with E-state index < -0.39 is 0 Å². The highest BCUT2D eigenvalue weighted by Gasteiger charge is 2.23. The van der Waals surface area contributed by atoms with E-state index in [1.165, 1.54) is 16.6 Å². The fraction of sp³-hybridized carbons (Fsp3) is 0.333. The number of aromatic nitrogens is 1. The summed E-state index contributed by atoms with van der Waals surface area (Å²) in [7, 11) is 5.87. The second-order valence-corrected chi connectivity index (χ2v) is 7.89. The van der Waals surface area contributed by atoms with Crippen LogP contribution < -0.4 is 20.4 Å². The number of nitrogens with one attached hydrogen (secondary N) is 2. The molecule has 0 radical (unpaired) electrons. The third kappa shape index (κ3) is 5.58. The molecule has 1 aliphatic heterocycles. The van der Waals surface area contributed by atoms with Crippen molar-refractivity contribution < 1.29 is 0 Å². The number of aliphatic imine (C=N–C) groups is 1. The lowest BCUT2D eigenvalue weighted by Crippen LogP contribution is -2.44. The summed E-state index contributed by atoms with van der Waals surface area (Å²) in [5, 5.41) is 8.26. The zero-order valence-electron chi connectivity index (χ0n) is 18.4. The average Bonchev–Trinajstić information content (AvgIpc) is 3.25. The van der Waals surface area contributed by atoms with Crippen LogP contribution in [0.15, 0.2) is 65.7 Å². The van der Waals surface area contributed by atoms with Crippen LogP contribution in [0.5, 0.6) is 0 Å². The zero-order chi connectivity index (χ0) is 20.9. The van der Waals surface area contributed by atoms with E-state index in [1.54, 1.807) is 0 Å². The van der Waals surface area contributed by atoms with Gasteiger partial charge in [-0.1, -0.05) is 36.4 Å². The van der Waals surface area contributed by atoms with Gasteiger partial charge in [-0.15, -0.1) is 24.0 Å². The van der Waals surface area contributed by atoms with Crippen LogP contribution in [0.4, 0.5) is 11.5 Å². The fourth-order valence-corrected chi connectivity index (χ4v) is 3.93. The largest absolute Gasteiger partial charge is 0.369 e. The van der Waals surface area contributed by atoms with Crippen LogP contribution >= 0.6 is 24.0 Å². The van der Waals surface area contributed by atoms with Crippen molar-refractivity contribution in [2.75, 3.05) is 44.0 Å². The van der Waals surface area contributed by atoms with Gasteiger partial charge in [0.05, 0.1) is 5.52 Å². The molecule has 2 aromatic carbocycles. The summed E-state index contributed by atoms with van der Waals surface area (Å²) in [5.41, 5.74) is 3.51. The van der Waals surface area contributed by atoms with Crippen molar-refractivity contribution >= 4 is 52.3 Å². The van der Waals surface area contributed by atoms with Gasteiger partial charge in [0.15, 0.2) is 5.96 Å². The van der Waals surface area contributed by atoms with Gasteiger partial charge in [0.1, 0.15) is 5.82 Å². The van der Waals surface area contributed by atoms with Crippen LogP contribution in [0.25, 0.3) is 10.9 Å². The Hall–Kier alpha value is -2.55. The Morgan fingerprint density at radius 2 is 1.87 bits per heavy atom. The smallest absolute Gasteiger partial charge is 0.191 e. The third-order valence-corrected chi connectivity index (χ3v) is 5.57. The highest BCUT2D eigenvalue weighted by Crippen LogP contribution is 2.22. The molecule has 1 atom stereocenters. The van der Waals surface area contributed by atoms with Crippen LogP contribution in [0.1, 0.15) is 12.0 Å². The minimum Gasteiger partial charge on any atom is -0.369 e. The van der Waals surface area contributed by atoms with Crippen molar-refractivity contribution in [1.29, 1.82) is 0 Å². The number of hydrogen-bond donors (Lipinski definition) is 2. The number of pyridine rings is 1. The Bertz CT molecular complexity index is 1020. The number of para-hydroxylation sites is 2. The molecule has 0 saturated carbocycles. The molecule has 4 rings (SSSR count). The summed E-state index contributed by atoms with van der Waals surface area (Å²) in [4.78, 5) is 13.7. The van der Waals surface area contributed by atoms with Crippen molar-refractivity contribution in [3.63, 3.8) is 0 Å². The number of guanidine groups is 1. The number of hydrogen-bond acceptors (Lipinski definition) is 4. The summed E-state index contributed by atoms with van der Waals surface area (Å²) < 4.78 is 0. The van der Waals surface area contributed by atoms with E-state index in [1.807, 2.05) is 32.1 Å². The number of anilines is 2. The molecule has 31 heavy (non-hydrogen) atoms. The average molecular weight is 530 g/mol. The highest BCUT2D eigenvalue weighted by atomic mass is 127. The van der Waals surface area contributed by atoms with Crippen molar-refractivity contribution in [2.45, 2.75) is 19.0 Å². The van der Waals surface area contributed by atoms with Gasteiger partial charge < -0.3 is 20.4 Å². The molecular formula is C24H31IN6. The SMILES string of the molecule is CN=C(NCc1cc(N(C)C)nc2ccccc12)NC1CCN(c2ccccc2)C1.I. The Kier molecular flexibility index (Phi) is 7.95. The molecule has 0 amide bonds. The molecule has 1 aromatic heterocycles. The van der Waals surface area contributed by atoms with E-state index in [-0.39, 0.29) is 24.0 Å². The number of nitrogens with zero attached hydrogens (tertiary/aromatic N) is 4. The van der Waals surface area contributed by atoms with Gasteiger partial charge in [-0.25, -0.2) is 4.98 Å². The van der Waals surface area contributed by atoms with Gasteiger partial charge in [-0.05, 0) is 36.2 Å². The van der Waals surface area contributed by atoms with Gasteiger partial charge >= 0.3 is 0 Å². The molecule has 164 valence electrons. The van der Waals surface area contributed by atoms with E-state index in [2.05, 4.69) is 75.1 Å². The lowest BCUT2D eigenvalue weighted by molar-refractivity contribution is 0.649. The van der Waals surface area contributed by atoms with Gasteiger partial charge in [-0.3, -0.25) is 4.99 Å². The van der Waals surface area contributed by atoms with Crippen molar-refractivity contribution in [3.8, 4) is 0 Å². The number of benzene rings is 2. The Morgan fingerprint density at radius 3 is 2.61 bits per heavy atom. The first-order valence-electron chi connectivity index (χ1n) is 10.5. The van der Waals surface area contributed by atoms with Crippen molar-refractivity contribution in [2.24, 2.45) is 4.99 Å². The van der Waals surface area contributed by atoms with Crippen molar-refractivity contribution in [3.05, 3.63) is 66.2 Å². The van der Waals surface area contributed by atoms with Crippen LogP contribution in [-0.4, -0.2) is 51.2 Å². The standard InChI is InChI=1S/C24H30N6.HI/c1-25-24(27-19-13-14-30(17-19)20-9-5-4-6-10-20)26-16-18-15-23(29(2)3)28-22-12-8-7-11-21(18)22;/h4-12,15,19H,13-14,16-17H2,1-3H3,(H2,25,26,27);1H. The van der Waals surface area contributed by atoms with E-state index in [0.29, 0.717) is 12.6 Å². The highest BCUT2D eigenvalue weighted by molar-refractivity contribution is 14.0. The second-order valence-electron chi connectivity index (χ2n) is 7.89. The predicted octanol–water partition coefficient (Wildman–Crippen LogP) is 3.86. The maximum Gasteiger partial charge on any atom is 0.191 e. The van der Waals surface area contributed by atoms with E-state index in [0.717, 1.165) is 36.8 Å². The monoisotopic (exact) mass is 530 g/mol. The van der Waals surface area contributed by atoms with Gasteiger partial charge in [0.2, 0.25) is 0 Å². The molecule has 1 aliphatic rings. The number of fused-ring (bicyclic) bond motifs is 1. The number of rotatable bonds is 5. The molecule has 0 spiro atoms. The van der Waals surface area contributed by atoms with Gasteiger partial charge in [0, 0.05) is 57.9 Å². The maximum atomic E-state index is 4.75. The minimum absolute atomic E-state index is 0. The molecule has 2 heterocycles. The first kappa shape index (κ1) is 23.1. The van der Waals surface area contributed by atoms with E-state index in [4.69, 9.17) is 4.98 Å². The molecular weight excluding hydrogens is 499 g/mol. The molecule has 1 unspecified atom stereocenters.